The molecule has 22 heavy (non-hydrogen) atoms. The van der Waals surface area contributed by atoms with Gasteiger partial charge in [0.25, 0.3) is 0 Å². The Morgan fingerprint density at radius 2 is 1.82 bits per heavy atom. The molecule has 2 aliphatic rings. The van der Waals surface area contributed by atoms with Crippen molar-refractivity contribution in [2.45, 2.75) is 12.5 Å². The van der Waals surface area contributed by atoms with Crippen molar-refractivity contribution >= 4 is 11.4 Å². The molecule has 1 unspecified atom stereocenters. The van der Waals surface area contributed by atoms with E-state index in [0.717, 1.165) is 43.7 Å². The minimum Gasteiger partial charge on any atom is -0.383 e. The maximum Gasteiger partial charge on any atom is 0.123 e. The van der Waals surface area contributed by atoms with Crippen LogP contribution in [-0.4, -0.2) is 32.2 Å². The number of hydrogen-bond donors (Lipinski definition) is 2. The van der Waals surface area contributed by atoms with Gasteiger partial charge in [0.2, 0.25) is 0 Å². The highest BCUT2D eigenvalue weighted by molar-refractivity contribution is 5.79. The Bertz CT molecular complexity index is 669. The van der Waals surface area contributed by atoms with E-state index in [1.807, 2.05) is 12.1 Å². The summed E-state index contributed by atoms with van der Waals surface area (Å²) in [6, 6.07) is 13.8. The summed E-state index contributed by atoms with van der Waals surface area (Å²) < 4.78 is 13.1. The second kappa shape index (κ2) is 5.61. The van der Waals surface area contributed by atoms with Crippen molar-refractivity contribution in [2.75, 3.05) is 36.4 Å². The van der Waals surface area contributed by atoms with E-state index < -0.39 is 0 Å². The minimum atomic E-state index is -0.192. The fourth-order valence-electron chi connectivity index (χ4n) is 3.45. The fourth-order valence-corrected chi connectivity index (χ4v) is 3.45. The topological polar surface area (TPSA) is 27.3 Å². The van der Waals surface area contributed by atoms with Gasteiger partial charge in [-0.3, -0.25) is 0 Å². The van der Waals surface area contributed by atoms with Crippen LogP contribution in [0.3, 0.4) is 0 Å². The quantitative estimate of drug-likeness (QED) is 0.847. The molecule has 3 nitrogen and oxygen atoms in total. The Labute approximate surface area is 130 Å². The second-order valence-electron chi connectivity index (χ2n) is 6.01. The summed E-state index contributed by atoms with van der Waals surface area (Å²) in [4.78, 5) is 2.51. The van der Waals surface area contributed by atoms with Gasteiger partial charge in [0, 0.05) is 32.2 Å². The highest BCUT2D eigenvalue weighted by atomic mass is 19.1. The number of anilines is 2. The largest absolute Gasteiger partial charge is 0.383 e. The van der Waals surface area contributed by atoms with Gasteiger partial charge in [0.05, 0.1) is 11.4 Å². The SMILES string of the molecule is Fc1ccc(-c2ccc3c(c2)N2CCNCC2CCN3)cc1. The van der Waals surface area contributed by atoms with E-state index in [-0.39, 0.29) is 5.82 Å². The average Bonchev–Trinajstić information content (AvgIpc) is 2.74. The smallest absolute Gasteiger partial charge is 0.123 e. The summed E-state index contributed by atoms with van der Waals surface area (Å²) in [7, 11) is 0. The predicted octanol–water partition coefficient (Wildman–Crippen LogP) is 3.09. The van der Waals surface area contributed by atoms with E-state index >= 15 is 0 Å². The summed E-state index contributed by atoms with van der Waals surface area (Å²) in [6.07, 6.45) is 1.15. The summed E-state index contributed by atoms with van der Waals surface area (Å²) in [6.45, 7) is 4.11. The molecule has 0 amide bonds. The van der Waals surface area contributed by atoms with Gasteiger partial charge in [0.15, 0.2) is 0 Å². The van der Waals surface area contributed by atoms with Crippen LogP contribution in [0.2, 0.25) is 0 Å². The molecule has 1 fully saturated rings. The molecular weight excluding hydrogens is 277 g/mol. The molecule has 0 aliphatic carbocycles. The number of nitrogens with zero attached hydrogens (tertiary/aromatic N) is 1. The number of benzene rings is 2. The first-order valence-corrected chi connectivity index (χ1v) is 7.92. The lowest BCUT2D eigenvalue weighted by molar-refractivity contribution is 0.466. The molecule has 0 spiro atoms. The first-order chi connectivity index (χ1) is 10.8. The summed E-state index contributed by atoms with van der Waals surface area (Å²) in [5.41, 5.74) is 4.67. The normalized spacial score (nSPS) is 20.6. The van der Waals surface area contributed by atoms with Gasteiger partial charge in [-0.2, -0.15) is 0 Å². The molecule has 1 atom stereocenters. The Kier molecular flexibility index (Phi) is 3.47. The summed E-state index contributed by atoms with van der Waals surface area (Å²) in [5.74, 6) is -0.192. The molecule has 4 rings (SSSR count). The number of nitrogens with one attached hydrogen (secondary N) is 2. The fraction of sp³-hybridized carbons (Fsp3) is 0.333. The van der Waals surface area contributed by atoms with Crippen molar-refractivity contribution in [3.8, 4) is 11.1 Å². The maximum atomic E-state index is 13.1. The standard InChI is InChI=1S/C18H20FN3/c19-15-4-1-13(2-5-15)14-3-6-17-18(11-14)22-10-9-20-12-16(22)7-8-21-17/h1-6,11,16,20-21H,7-10,12H2. The third-order valence-electron chi connectivity index (χ3n) is 4.63. The Balaban J connectivity index is 1.75. The first kappa shape index (κ1) is 13.6. The van der Waals surface area contributed by atoms with Gasteiger partial charge in [0.1, 0.15) is 5.82 Å². The number of halogens is 1. The van der Waals surface area contributed by atoms with Gasteiger partial charge < -0.3 is 15.5 Å². The minimum absolute atomic E-state index is 0.192. The number of piperazine rings is 1. The summed E-state index contributed by atoms with van der Waals surface area (Å²) in [5, 5.41) is 7.02. The van der Waals surface area contributed by atoms with Gasteiger partial charge in [-0.05, 0) is 41.8 Å². The van der Waals surface area contributed by atoms with Crippen molar-refractivity contribution in [1.82, 2.24) is 5.32 Å². The van der Waals surface area contributed by atoms with E-state index in [1.54, 1.807) is 0 Å². The molecule has 2 aromatic rings. The number of rotatable bonds is 1. The lowest BCUT2D eigenvalue weighted by atomic mass is 10.0. The predicted molar refractivity (Wildman–Crippen MR) is 88.9 cm³/mol. The van der Waals surface area contributed by atoms with Crippen molar-refractivity contribution in [3.63, 3.8) is 0 Å². The van der Waals surface area contributed by atoms with Gasteiger partial charge in [-0.15, -0.1) is 0 Å². The summed E-state index contributed by atoms with van der Waals surface area (Å²) >= 11 is 0. The molecule has 0 radical (unpaired) electrons. The van der Waals surface area contributed by atoms with Crippen molar-refractivity contribution in [3.05, 3.63) is 48.3 Å². The molecule has 114 valence electrons. The molecule has 2 N–H and O–H groups in total. The van der Waals surface area contributed by atoms with E-state index in [4.69, 9.17) is 0 Å². The highest BCUT2D eigenvalue weighted by Crippen LogP contribution is 2.35. The van der Waals surface area contributed by atoms with E-state index in [9.17, 15) is 4.39 Å². The number of hydrogen-bond acceptors (Lipinski definition) is 3. The van der Waals surface area contributed by atoms with Crippen LogP contribution in [0.1, 0.15) is 6.42 Å². The zero-order valence-corrected chi connectivity index (χ0v) is 12.5. The second-order valence-corrected chi connectivity index (χ2v) is 6.01. The molecule has 0 bridgehead atoms. The van der Waals surface area contributed by atoms with Crippen LogP contribution < -0.4 is 15.5 Å². The molecular formula is C18H20FN3. The molecule has 4 heteroatoms. The molecule has 1 saturated heterocycles. The Morgan fingerprint density at radius 1 is 1.00 bits per heavy atom. The number of fused-ring (bicyclic) bond motifs is 3. The lowest BCUT2D eigenvalue weighted by Crippen LogP contribution is -2.51. The monoisotopic (exact) mass is 297 g/mol. The third kappa shape index (κ3) is 2.44. The Hall–Kier alpha value is -2.07. The lowest BCUT2D eigenvalue weighted by Gasteiger charge is -2.37. The van der Waals surface area contributed by atoms with Crippen LogP contribution in [0.25, 0.3) is 11.1 Å². The van der Waals surface area contributed by atoms with Gasteiger partial charge >= 0.3 is 0 Å². The maximum absolute atomic E-state index is 13.1. The molecule has 0 saturated carbocycles. The van der Waals surface area contributed by atoms with Gasteiger partial charge in [-0.1, -0.05) is 18.2 Å². The van der Waals surface area contributed by atoms with E-state index in [1.165, 1.54) is 23.5 Å². The highest BCUT2D eigenvalue weighted by Gasteiger charge is 2.26. The average molecular weight is 297 g/mol. The first-order valence-electron chi connectivity index (χ1n) is 7.92. The van der Waals surface area contributed by atoms with Crippen LogP contribution in [0.5, 0.6) is 0 Å². The van der Waals surface area contributed by atoms with Crippen molar-refractivity contribution in [1.29, 1.82) is 0 Å². The van der Waals surface area contributed by atoms with Crippen LogP contribution in [0.15, 0.2) is 42.5 Å². The molecule has 2 aliphatic heterocycles. The van der Waals surface area contributed by atoms with Crippen molar-refractivity contribution < 1.29 is 4.39 Å². The van der Waals surface area contributed by atoms with Crippen LogP contribution in [0.4, 0.5) is 15.8 Å². The molecule has 2 heterocycles. The van der Waals surface area contributed by atoms with Crippen LogP contribution in [-0.2, 0) is 0 Å². The van der Waals surface area contributed by atoms with Gasteiger partial charge in [-0.25, -0.2) is 4.39 Å². The zero-order valence-electron chi connectivity index (χ0n) is 12.5. The Morgan fingerprint density at radius 3 is 2.68 bits per heavy atom. The molecule has 0 aromatic heterocycles. The molecule has 2 aromatic carbocycles. The van der Waals surface area contributed by atoms with Crippen LogP contribution >= 0.6 is 0 Å². The van der Waals surface area contributed by atoms with Crippen molar-refractivity contribution in [2.24, 2.45) is 0 Å². The van der Waals surface area contributed by atoms with Crippen LogP contribution in [0, 0.1) is 5.82 Å². The third-order valence-corrected chi connectivity index (χ3v) is 4.63. The van der Waals surface area contributed by atoms with E-state index in [2.05, 4.69) is 33.7 Å². The van der Waals surface area contributed by atoms with E-state index in [0.29, 0.717) is 6.04 Å². The zero-order chi connectivity index (χ0) is 14.9.